The first kappa shape index (κ1) is 21.2. The van der Waals surface area contributed by atoms with E-state index < -0.39 is 0 Å². The van der Waals surface area contributed by atoms with Crippen LogP contribution in [0, 0.1) is 0 Å². The van der Waals surface area contributed by atoms with Gasteiger partial charge in [-0.15, -0.1) is 0 Å². The van der Waals surface area contributed by atoms with Gasteiger partial charge in [-0.25, -0.2) is 0 Å². The Labute approximate surface area is 139 Å². The lowest BCUT2D eigenvalue weighted by Gasteiger charge is -2.07. The van der Waals surface area contributed by atoms with Gasteiger partial charge in [0.2, 0.25) is 0 Å². The van der Waals surface area contributed by atoms with Crippen LogP contribution in [0.3, 0.4) is 0 Å². The predicted molar refractivity (Wildman–Crippen MR) is 98.1 cm³/mol. The zero-order valence-electron chi connectivity index (χ0n) is 15.4. The average Bonchev–Trinajstić information content (AvgIpc) is 2.50. The Morgan fingerprint density at radius 2 is 1.14 bits per heavy atom. The molecule has 0 atom stereocenters. The van der Waals surface area contributed by atoms with Gasteiger partial charge >= 0.3 is 0 Å². The van der Waals surface area contributed by atoms with Crippen LogP contribution in [0.25, 0.3) is 0 Å². The largest absolute Gasteiger partial charge is 0.383 e. The van der Waals surface area contributed by atoms with E-state index in [2.05, 4.69) is 6.92 Å². The fourth-order valence-electron chi connectivity index (χ4n) is 2.83. The maximum absolute atomic E-state index is 10.9. The van der Waals surface area contributed by atoms with Gasteiger partial charge < -0.3 is 4.90 Å². The minimum absolute atomic E-state index is 0.924. The molecule has 0 rings (SSSR count). The molecular weight excluding hydrogens is 270 g/mol. The Hall–Kier alpha value is -0.790. The van der Waals surface area contributed by atoms with Crippen molar-refractivity contribution in [2.45, 2.75) is 96.8 Å². The van der Waals surface area contributed by atoms with E-state index in [0.717, 1.165) is 24.7 Å². The van der Waals surface area contributed by atoms with Crippen molar-refractivity contribution in [3.63, 3.8) is 0 Å². The molecule has 2 heteroatoms. The topological polar surface area (TPSA) is 20.3 Å². The first-order valence-electron chi connectivity index (χ1n) is 9.53. The average molecular weight is 310 g/mol. The summed E-state index contributed by atoms with van der Waals surface area (Å²) in [6, 6.07) is 0. The second-order valence-electron chi connectivity index (χ2n) is 6.78. The van der Waals surface area contributed by atoms with E-state index in [1.165, 1.54) is 77.0 Å². The lowest BCUT2D eigenvalue weighted by atomic mass is 10.0. The highest BCUT2D eigenvalue weighted by molar-refractivity contribution is 5.72. The molecule has 0 amide bonds. The van der Waals surface area contributed by atoms with E-state index in [1.54, 1.807) is 0 Å². The Balaban J connectivity index is 3.25. The van der Waals surface area contributed by atoms with Gasteiger partial charge in [-0.3, -0.25) is 4.79 Å². The van der Waals surface area contributed by atoms with Crippen LogP contribution in [0.5, 0.6) is 0 Å². The van der Waals surface area contributed by atoms with Gasteiger partial charge in [0.1, 0.15) is 6.29 Å². The number of allylic oxidation sites excluding steroid dienone is 1. The van der Waals surface area contributed by atoms with Gasteiger partial charge in [-0.1, -0.05) is 84.0 Å². The lowest BCUT2D eigenvalue weighted by molar-refractivity contribution is -0.105. The molecule has 130 valence electrons. The summed E-state index contributed by atoms with van der Waals surface area (Å²) in [6.45, 7) is 2.28. The number of hydrogen-bond acceptors (Lipinski definition) is 2. The summed E-state index contributed by atoms with van der Waals surface area (Å²) in [7, 11) is 3.93. The van der Waals surface area contributed by atoms with Crippen molar-refractivity contribution < 1.29 is 4.79 Å². The molecule has 0 unspecified atom stereocenters. The molecule has 0 aromatic carbocycles. The summed E-state index contributed by atoms with van der Waals surface area (Å²) in [5.41, 5.74) is 0.924. The van der Waals surface area contributed by atoms with Crippen molar-refractivity contribution in [3.05, 3.63) is 11.8 Å². The van der Waals surface area contributed by atoms with Crippen molar-refractivity contribution in [1.29, 1.82) is 0 Å². The Morgan fingerprint density at radius 3 is 1.50 bits per heavy atom. The highest BCUT2D eigenvalue weighted by Gasteiger charge is 1.97. The zero-order valence-corrected chi connectivity index (χ0v) is 15.4. The summed E-state index contributed by atoms with van der Waals surface area (Å²) in [5, 5.41) is 0. The first-order valence-corrected chi connectivity index (χ1v) is 9.53. The molecule has 0 aliphatic carbocycles. The predicted octanol–water partition coefficient (Wildman–Crippen LogP) is 6.11. The summed E-state index contributed by atoms with van der Waals surface area (Å²) in [6.07, 6.45) is 21.7. The number of hydrogen-bond donors (Lipinski definition) is 0. The fourth-order valence-corrected chi connectivity index (χ4v) is 2.83. The molecule has 0 aliphatic heterocycles. The van der Waals surface area contributed by atoms with Gasteiger partial charge in [-0.2, -0.15) is 0 Å². The molecule has 22 heavy (non-hydrogen) atoms. The molecule has 2 nitrogen and oxygen atoms in total. The number of rotatable bonds is 16. The van der Waals surface area contributed by atoms with Crippen molar-refractivity contribution in [1.82, 2.24) is 4.90 Å². The van der Waals surface area contributed by atoms with Crippen molar-refractivity contribution in [2.24, 2.45) is 0 Å². The van der Waals surface area contributed by atoms with E-state index in [1.807, 2.05) is 25.2 Å². The van der Waals surface area contributed by atoms with Crippen molar-refractivity contribution >= 4 is 6.29 Å². The SMILES string of the molecule is CCCCCCCCCCCCCCC/C(C=O)=C/N(C)C. The highest BCUT2D eigenvalue weighted by Crippen LogP contribution is 2.14. The number of aldehydes is 1. The van der Waals surface area contributed by atoms with Gasteiger partial charge in [0, 0.05) is 25.9 Å². The van der Waals surface area contributed by atoms with Crippen LogP contribution in [-0.4, -0.2) is 25.3 Å². The third-order valence-corrected chi connectivity index (χ3v) is 4.14. The smallest absolute Gasteiger partial charge is 0.147 e. The summed E-state index contributed by atoms with van der Waals surface area (Å²) in [4.78, 5) is 12.8. The molecule has 0 bridgehead atoms. The third kappa shape index (κ3) is 15.6. The normalized spacial score (nSPS) is 11.7. The van der Waals surface area contributed by atoms with Crippen LogP contribution in [-0.2, 0) is 4.79 Å². The van der Waals surface area contributed by atoms with Crippen LogP contribution in [0.15, 0.2) is 11.8 Å². The van der Waals surface area contributed by atoms with Crippen LogP contribution in [0.1, 0.15) is 96.8 Å². The molecule has 0 aromatic rings. The van der Waals surface area contributed by atoms with Crippen molar-refractivity contribution in [3.8, 4) is 0 Å². The lowest BCUT2D eigenvalue weighted by Crippen LogP contribution is -2.03. The quantitative estimate of drug-likeness (QED) is 0.195. The molecule has 0 fully saturated rings. The van der Waals surface area contributed by atoms with Crippen LogP contribution >= 0.6 is 0 Å². The van der Waals surface area contributed by atoms with Crippen LogP contribution < -0.4 is 0 Å². The standard InChI is InChI=1S/C20H39NO/c1-4-5-6-7-8-9-10-11-12-13-14-15-16-17-20(19-22)18-21(2)3/h18-19H,4-17H2,1-3H3/b20-18-. The van der Waals surface area contributed by atoms with Crippen LogP contribution in [0.4, 0.5) is 0 Å². The number of nitrogens with zero attached hydrogens (tertiary/aromatic N) is 1. The molecule has 0 aromatic heterocycles. The minimum Gasteiger partial charge on any atom is -0.383 e. The Morgan fingerprint density at radius 1 is 0.727 bits per heavy atom. The Kier molecular flexibility index (Phi) is 16.0. The second kappa shape index (κ2) is 16.6. The maximum Gasteiger partial charge on any atom is 0.147 e. The summed E-state index contributed by atoms with van der Waals surface area (Å²) >= 11 is 0. The first-order chi connectivity index (χ1) is 10.7. The van der Waals surface area contributed by atoms with Gasteiger partial charge in [0.25, 0.3) is 0 Å². The zero-order chi connectivity index (χ0) is 16.5. The molecule has 0 saturated carbocycles. The highest BCUT2D eigenvalue weighted by atomic mass is 16.1. The molecule has 0 radical (unpaired) electrons. The molecule has 0 spiro atoms. The number of carbonyl (C=O) groups is 1. The maximum atomic E-state index is 10.9. The number of unbranched alkanes of at least 4 members (excludes halogenated alkanes) is 12. The summed E-state index contributed by atoms with van der Waals surface area (Å²) < 4.78 is 0. The molecular formula is C20H39NO. The van der Waals surface area contributed by atoms with E-state index in [0.29, 0.717) is 0 Å². The van der Waals surface area contributed by atoms with E-state index in [-0.39, 0.29) is 0 Å². The van der Waals surface area contributed by atoms with Gasteiger partial charge in [-0.05, 0) is 12.8 Å². The van der Waals surface area contributed by atoms with Crippen molar-refractivity contribution in [2.75, 3.05) is 14.1 Å². The molecule has 0 saturated heterocycles. The fraction of sp³-hybridized carbons (Fsp3) is 0.850. The Bertz CT molecular complexity index is 271. The van der Waals surface area contributed by atoms with Gasteiger partial charge in [0.05, 0.1) is 0 Å². The molecule has 0 N–H and O–H groups in total. The van der Waals surface area contributed by atoms with Crippen LogP contribution in [0.2, 0.25) is 0 Å². The van der Waals surface area contributed by atoms with Gasteiger partial charge in [0.15, 0.2) is 0 Å². The second-order valence-corrected chi connectivity index (χ2v) is 6.78. The van der Waals surface area contributed by atoms with E-state index in [4.69, 9.17) is 0 Å². The minimum atomic E-state index is 0.924. The third-order valence-electron chi connectivity index (χ3n) is 4.14. The monoisotopic (exact) mass is 309 g/mol. The molecule has 0 aliphatic rings. The van der Waals surface area contributed by atoms with E-state index in [9.17, 15) is 4.79 Å². The molecule has 0 heterocycles. The summed E-state index contributed by atoms with van der Waals surface area (Å²) in [5.74, 6) is 0. The van der Waals surface area contributed by atoms with E-state index >= 15 is 0 Å². The number of carbonyl (C=O) groups excluding carboxylic acids is 1.